The quantitative estimate of drug-likeness (QED) is 0.675. The fourth-order valence-electron chi connectivity index (χ4n) is 2.94. The van der Waals surface area contributed by atoms with E-state index < -0.39 is 5.97 Å². The van der Waals surface area contributed by atoms with Crippen LogP contribution in [-0.2, 0) is 9.53 Å². The second-order valence-electron chi connectivity index (χ2n) is 6.14. The van der Waals surface area contributed by atoms with Gasteiger partial charge in [0.05, 0.1) is 18.7 Å². The second kappa shape index (κ2) is 8.36. The van der Waals surface area contributed by atoms with Crippen molar-refractivity contribution in [3.63, 3.8) is 0 Å². The van der Waals surface area contributed by atoms with Crippen molar-refractivity contribution in [3.05, 3.63) is 77.9 Å². The van der Waals surface area contributed by atoms with Crippen LogP contribution in [0.5, 0.6) is 5.75 Å². The number of nitrogens with one attached hydrogen (secondary N) is 1. The van der Waals surface area contributed by atoms with Crippen LogP contribution >= 0.6 is 0 Å². The zero-order valence-electron chi connectivity index (χ0n) is 15.3. The number of esters is 1. The van der Waals surface area contributed by atoms with Crippen LogP contribution in [0.4, 0.5) is 0 Å². The molecule has 0 aliphatic heterocycles. The van der Waals surface area contributed by atoms with Crippen molar-refractivity contribution in [2.45, 2.75) is 13.0 Å². The third-order valence-electron chi connectivity index (χ3n) is 4.34. The van der Waals surface area contributed by atoms with Gasteiger partial charge < -0.3 is 14.8 Å². The minimum atomic E-state index is -0.545. The van der Waals surface area contributed by atoms with Crippen molar-refractivity contribution in [2.24, 2.45) is 0 Å². The number of carbonyl (C=O) groups excluding carboxylic acids is 2. The number of ether oxygens (including phenoxy) is 2. The molecule has 0 saturated heterocycles. The number of hydrogen-bond acceptors (Lipinski definition) is 4. The summed E-state index contributed by atoms with van der Waals surface area (Å²) in [4.78, 5) is 24.6. The van der Waals surface area contributed by atoms with Crippen LogP contribution < -0.4 is 10.1 Å². The summed E-state index contributed by atoms with van der Waals surface area (Å²) in [5.74, 6) is -0.217. The molecule has 0 saturated carbocycles. The Labute approximate surface area is 157 Å². The second-order valence-corrected chi connectivity index (χ2v) is 6.14. The van der Waals surface area contributed by atoms with E-state index >= 15 is 0 Å². The number of hydrogen-bond donors (Lipinski definition) is 1. The predicted molar refractivity (Wildman–Crippen MR) is 104 cm³/mol. The van der Waals surface area contributed by atoms with Gasteiger partial charge in [-0.2, -0.15) is 0 Å². The molecule has 0 aromatic heterocycles. The van der Waals surface area contributed by atoms with E-state index in [1.165, 1.54) is 0 Å². The van der Waals surface area contributed by atoms with E-state index in [4.69, 9.17) is 9.47 Å². The van der Waals surface area contributed by atoms with E-state index in [1.54, 1.807) is 19.2 Å². The molecular weight excluding hydrogens is 342 g/mol. The predicted octanol–water partition coefficient (Wildman–Crippen LogP) is 3.88. The van der Waals surface area contributed by atoms with Gasteiger partial charge in [0.1, 0.15) is 5.75 Å². The van der Waals surface area contributed by atoms with E-state index in [9.17, 15) is 9.59 Å². The maximum atomic E-state index is 12.5. The fourth-order valence-corrected chi connectivity index (χ4v) is 2.94. The van der Waals surface area contributed by atoms with Gasteiger partial charge in [0, 0.05) is 5.39 Å². The highest BCUT2D eigenvalue weighted by atomic mass is 16.5. The van der Waals surface area contributed by atoms with E-state index in [2.05, 4.69) is 5.32 Å². The van der Waals surface area contributed by atoms with Gasteiger partial charge in [-0.05, 0) is 30.0 Å². The fraction of sp³-hybridized carbons (Fsp3) is 0.182. The molecule has 0 radical (unpaired) electrons. The summed E-state index contributed by atoms with van der Waals surface area (Å²) in [7, 11) is 1.58. The Morgan fingerprint density at radius 1 is 0.926 bits per heavy atom. The summed E-state index contributed by atoms with van der Waals surface area (Å²) >= 11 is 0. The minimum Gasteiger partial charge on any atom is -0.496 e. The van der Waals surface area contributed by atoms with Crippen molar-refractivity contribution in [2.75, 3.05) is 13.7 Å². The molecule has 0 aliphatic carbocycles. The zero-order valence-corrected chi connectivity index (χ0v) is 15.3. The minimum absolute atomic E-state index is 0.167. The van der Waals surface area contributed by atoms with Crippen LogP contribution in [0.2, 0.25) is 0 Å². The highest BCUT2D eigenvalue weighted by molar-refractivity contribution is 6.06. The van der Waals surface area contributed by atoms with Crippen LogP contribution in [0.25, 0.3) is 10.8 Å². The van der Waals surface area contributed by atoms with Gasteiger partial charge in [0.2, 0.25) is 0 Å². The van der Waals surface area contributed by atoms with Crippen LogP contribution in [0, 0.1) is 0 Å². The number of carbonyl (C=O) groups is 2. The molecule has 5 nitrogen and oxygen atoms in total. The molecule has 0 aliphatic rings. The number of benzene rings is 3. The Morgan fingerprint density at radius 3 is 2.30 bits per heavy atom. The first-order chi connectivity index (χ1) is 13.1. The molecular formula is C22H21NO4. The monoisotopic (exact) mass is 363 g/mol. The van der Waals surface area contributed by atoms with E-state index in [-0.39, 0.29) is 18.6 Å². The van der Waals surface area contributed by atoms with Gasteiger partial charge in [-0.15, -0.1) is 0 Å². The maximum Gasteiger partial charge on any atom is 0.339 e. The maximum absolute atomic E-state index is 12.5. The van der Waals surface area contributed by atoms with Crippen molar-refractivity contribution < 1.29 is 19.1 Å². The van der Waals surface area contributed by atoms with Gasteiger partial charge in [0.25, 0.3) is 5.91 Å². The zero-order chi connectivity index (χ0) is 19.2. The molecule has 5 heteroatoms. The van der Waals surface area contributed by atoms with Gasteiger partial charge in [-0.1, -0.05) is 54.6 Å². The SMILES string of the molecule is COc1ccc(C(=O)OCC(=O)N[C@H](C)c2ccccc2)c2ccccc12. The van der Waals surface area contributed by atoms with Crippen molar-refractivity contribution in [1.29, 1.82) is 0 Å². The van der Waals surface area contributed by atoms with Crippen LogP contribution in [0.1, 0.15) is 28.9 Å². The molecule has 0 fully saturated rings. The first kappa shape index (κ1) is 18.5. The smallest absolute Gasteiger partial charge is 0.339 e. The van der Waals surface area contributed by atoms with E-state index in [0.29, 0.717) is 11.3 Å². The first-order valence-corrected chi connectivity index (χ1v) is 8.67. The Bertz CT molecular complexity index is 953. The summed E-state index contributed by atoms with van der Waals surface area (Å²) in [5, 5.41) is 4.36. The molecule has 3 rings (SSSR count). The van der Waals surface area contributed by atoms with Gasteiger partial charge in [-0.25, -0.2) is 4.79 Å². The largest absolute Gasteiger partial charge is 0.496 e. The molecule has 1 atom stereocenters. The van der Waals surface area contributed by atoms with Gasteiger partial charge in [-0.3, -0.25) is 4.79 Å². The van der Waals surface area contributed by atoms with Gasteiger partial charge in [0.15, 0.2) is 6.61 Å². The van der Waals surface area contributed by atoms with Crippen LogP contribution in [0.15, 0.2) is 66.7 Å². The third-order valence-corrected chi connectivity index (χ3v) is 4.34. The molecule has 0 bridgehead atoms. The highest BCUT2D eigenvalue weighted by Crippen LogP contribution is 2.28. The molecule has 1 N–H and O–H groups in total. The van der Waals surface area contributed by atoms with Crippen LogP contribution in [-0.4, -0.2) is 25.6 Å². The molecule has 0 spiro atoms. The lowest BCUT2D eigenvalue weighted by molar-refractivity contribution is -0.124. The van der Waals surface area contributed by atoms with Gasteiger partial charge >= 0.3 is 5.97 Å². The molecule has 138 valence electrons. The average Bonchev–Trinajstić information content (AvgIpc) is 2.71. The number of methoxy groups -OCH3 is 1. The Morgan fingerprint density at radius 2 is 1.59 bits per heavy atom. The number of amides is 1. The Kier molecular flexibility index (Phi) is 5.71. The third kappa shape index (κ3) is 4.26. The van der Waals surface area contributed by atoms with Crippen LogP contribution in [0.3, 0.4) is 0 Å². The highest BCUT2D eigenvalue weighted by Gasteiger charge is 2.16. The Hall–Kier alpha value is -3.34. The standard InChI is InChI=1S/C22H21NO4/c1-15(16-8-4-3-5-9-16)23-21(24)14-27-22(25)19-12-13-20(26-2)18-11-7-6-10-17(18)19/h3-13,15H,14H2,1-2H3,(H,23,24)/t15-/m1/s1. The number of rotatable bonds is 6. The molecule has 0 unspecified atom stereocenters. The lowest BCUT2D eigenvalue weighted by atomic mass is 10.0. The normalized spacial score (nSPS) is 11.6. The summed E-state index contributed by atoms with van der Waals surface area (Å²) < 4.78 is 10.5. The van der Waals surface area contributed by atoms with Crippen molar-refractivity contribution >= 4 is 22.6 Å². The molecule has 0 heterocycles. The lowest BCUT2D eigenvalue weighted by Gasteiger charge is -2.14. The molecule has 3 aromatic carbocycles. The van der Waals surface area contributed by atoms with Crippen molar-refractivity contribution in [3.8, 4) is 5.75 Å². The Balaban J connectivity index is 1.66. The summed E-state index contributed by atoms with van der Waals surface area (Å²) in [6.07, 6.45) is 0. The topological polar surface area (TPSA) is 64.6 Å². The lowest BCUT2D eigenvalue weighted by Crippen LogP contribution is -2.31. The summed E-state index contributed by atoms with van der Waals surface area (Å²) in [6.45, 7) is 1.54. The average molecular weight is 363 g/mol. The summed E-state index contributed by atoms with van der Waals surface area (Å²) in [6, 6.07) is 20.2. The van der Waals surface area contributed by atoms with Crippen molar-refractivity contribution in [1.82, 2.24) is 5.32 Å². The van der Waals surface area contributed by atoms with E-state index in [0.717, 1.165) is 16.3 Å². The summed E-state index contributed by atoms with van der Waals surface area (Å²) in [5.41, 5.74) is 1.38. The number of fused-ring (bicyclic) bond motifs is 1. The first-order valence-electron chi connectivity index (χ1n) is 8.67. The molecule has 27 heavy (non-hydrogen) atoms. The molecule has 1 amide bonds. The molecule has 3 aromatic rings. The van der Waals surface area contributed by atoms with E-state index in [1.807, 2.05) is 61.5 Å².